The number of sulfonamides is 1. The van der Waals surface area contributed by atoms with E-state index in [4.69, 9.17) is 11.6 Å². The molecule has 9 heteroatoms. The molecule has 108 valence electrons. The van der Waals surface area contributed by atoms with Gasteiger partial charge in [0.05, 0.1) is 21.8 Å². The van der Waals surface area contributed by atoms with Crippen LogP contribution in [0.1, 0.15) is 11.3 Å². The van der Waals surface area contributed by atoms with Crippen molar-refractivity contribution in [3.63, 3.8) is 0 Å². The molecule has 0 spiro atoms. The van der Waals surface area contributed by atoms with Crippen molar-refractivity contribution in [3.05, 3.63) is 39.0 Å². The predicted octanol–water partition coefficient (Wildman–Crippen LogP) is 2.43. The van der Waals surface area contributed by atoms with Crippen LogP contribution < -0.4 is 4.72 Å². The second-order valence-corrected chi connectivity index (χ2v) is 6.80. The molecule has 6 nitrogen and oxygen atoms in total. The number of aliphatic hydroxyl groups excluding tert-OH is 1. The molecule has 0 aliphatic carbocycles. The third-order valence-electron chi connectivity index (χ3n) is 2.64. The van der Waals surface area contributed by atoms with E-state index in [1.54, 1.807) is 25.1 Å². The van der Waals surface area contributed by atoms with E-state index in [1.165, 1.54) is 0 Å². The number of rotatable bonds is 4. The molecule has 0 aliphatic heterocycles. The van der Waals surface area contributed by atoms with Crippen LogP contribution in [0.25, 0.3) is 0 Å². The number of benzene rings is 1. The van der Waals surface area contributed by atoms with Crippen LogP contribution in [0.2, 0.25) is 5.02 Å². The number of H-pyrrole nitrogens is 1. The minimum atomic E-state index is -3.92. The van der Waals surface area contributed by atoms with E-state index >= 15 is 0 Å². The average Bonchev–Trinajstić information content (AvgIpc) is 2.76. The van der Waals surface area contributed by atoms with E-state index in [2.05, 4.69) is 30.8 Å². The van der Waals surface area contributed by atoms with Crippen molar-refractivity contribution in [1.82, 2.24) is 10.2 Å². The second kappa shape index (κ2) is 5.72. The molecule has 0 unspecified atom stereocenters. The Kier molecular flexibility index (Phi) is 4.38. The Morgan fingerprint density at radius 1 is 1.50 bits per heavy atom. The zero-order chi connectivity index (χ0) is 14.9. The van der Waals surface area contributed by atoms with Gasteiger partial charge in [0, 0.05) is 11.3 Å². The number of aliphatic hydroxyl groups is 1. The molecule has 20 heavy (non-hydrogen) atoms. The smallest absolute Gasteiger partial charge is 0.281 e. The lowest BCUT2D eigenvalue weighted by Gasteiger charge is -2.09. The monoisotopic (exact) mass is 379 g/mol. The van der Waals surface area contributed by atoms with E-state index in [0.29, 0.717) is 20.9 Å². The number of nitrogens with one attached hydrogen (secondary N) is 2. The number of halogens is 2. The summed E-state index contributed by atoms with van der Waals surface area (Å²) in [6, 6.07) is 4.81. The second-order valence-electron chi connectivity index (χ2n) is 4.00. The standard InChI is InChI=1S/C11H11BrClN3O3S/c1-6-7(5-17)11(15-14-6)20(18,19)16-9-4-2-3-8(13)10(9)12/h2-4,16-17H,5H2,1H3,(H,14,15). The van der Waals surface area contributed by atoms with Crippen molar-refractivity contribution in [2.24, 2.45) is 0 Å². The first kappa shape index (κ1) is 15.3. The van der Waals surface area contributed by atoms with E-state index in [0.717, 1.165) is 0 Å². The zero-order valence-electron chi connectivity index (χ0n) is 10.3. The van der Waals surface area contributed by atoms with Crippen molar-refractivity contribution >= 4 is 43.2 Å². The summed E-state index contributed by atoms with van der Waals surface area (Å²) in [5.41, 5.74) is 1.02. The summed E-state index contributed by atoms with van der Waals surface area (Å²) < 4.78 is 27.4. The van der Waals surface area contributed by atoms with Gasteiger partial charge in [0.1, 0.15) is 0 Å². The molecule has 1 aromatic carbocycles. The molecular formula is C11H11BrClN3O3S. The molecule has 0 aliphatic rings. The summed E-state index contributed by atoms with van der Waals surface area (Å²) in [6.07, 6.45) is 0. The lowest BCUT2D eigenvalue weighted by molar-refractivity contribution is 0.277. The minimum absolute atomic E-state index is 0.232. The van der Waals surface area contributed by atoms with E-state index < -0.39 is 16.6 Å². The summed E-state index contributed by atoms with van der Waals surface area (Å²) in [5.74, 6) is 0. The molecule has 0 radical (unpaired) electrons. The van der Waals surface area contributed by atoms with Gasteiger partial charge in [0.2, 0.25) is 5.03 Å². The Labute approximate surface area is 129 Å². The summed E-state index contributed by atoms with van der Waals surface area (Å²) in [6.45, 7) is 1.21. The number of hydrogen-bond acceptors (Lipinski definition) is 4. The Morgan fingerprint density at radius 2 is 2.20 bits per heavy atom. The van der Waals surface area contributed by atoms with Crippen molar-refractivity contribution in [2.75, 3.05) is 4.72 Å². The van der Waals surface area contributed by atoms with Crippen LogP contribution in [-0.2, 0) is 16.6 Å². The van der Waals surface area contributed by atoms with Crippen molar-refractivity contribution in [2.45, 2.75) is 18.6 Å². The lowest BCUT2D eigenvalue weighted by atomic mass is 10.3. The predicted molar refractivity (Wildman–Crippen MR) is 79.2 cm³/mol. The molecule has 0 fully saturated rings. The van der Waals surface area contributed by atoms with Crippen LogP contribution >= 0.6 is 27.5 Å². The largest absolute Gasteiger partial charge is 0.392 e. The first-order valence-electron chi connectivity index (χ1n) is 5.48. The fourth-order valence-electron chi connectivity index (χ4n) is 1.61. The highest BCUT2D eigenvalue weighted by Crippen LogP contribution is 2.31. The van der Waals surface area contributed by atoms with Crippen LogP contribution in [0.4, 0.5) is 5.69 Å². The summed E-state index contributed by atoms with van der Waals surface area (Å²) in [4.78, 5) is 0. The zero-order valence-corrected chi connectivity index (χ0v) is 13.5. The van der Waals surface area contributed by atoms with Gasteiger partial charge < -0.3 is 5.11 Å². The average molecular weight is 381 g/mol. The number of aromatic amines is 1. The molecule has 0 bridgehead atoms. The third kappa shape index (κ3) is 2.83. The molecule has 2 rings (SSSR count). The van der Waals surface area contributed by atoms with Gasteiger partial charge in [-0.1, -0.05) is 17.7 Å². The number of nitrogens with zero attached hydrogens (tertiary/aromatic N) is 1. The first-order valence-corrected chi connectivity index (χ1v) is 8.13. The molecule has 1 heterocycles. The molecule has 0 atom stereocenters. The van der Waals surface area contributed by atoms with Gasteiger partial charge in [0.15, 0.2) is 0 Å². The summed E-state index contributed by atoms with van der Waals surface area (Å²) in [5, 5.41) is 15.6. The van der Waals surface area contributed by atoms with Crippen LogP contribution in [0.15, 0.2) is 27.7 Å². The fraction of sp³-hybridized carbons (Fsp3) is 0.182. The van der Waals surface area contributed by atoms with Crippen LogP contribution in [0, 0.1) is 6.92 Å². The fourth-order valence-corrected chi connectivity index (χ4v) is 3.55. The first-order chi connectivity index (χ1) is 9.36. The third-order valence-corrected chi connectivity index (χ3v) is 5.38. The lowest BCUT2D eigenvalue weighted by Crippen LogP contribution is -2.15. The Balaban J connectivity index is 2.44. The van der Waals surface area contributed by atoms with Crippen molar-refractivity contribution in [3.8, 4) is 0 Å². The number of anilines is 1. The van der Waals surface area contributed by atoms with E-state index in [9.17, 15) is 13.5 Å². The molecule has 0 saturated carbocycles. The van der Waals surface area contributed by atoms with Gasteiger partial charge >= 0.3 is 0 Å². The molecular weight excluding hydrogens is 370 g/mol. The van der Waals surface area contributed by atoms with Gasteiger partial charge in [-0.15, -0.1) is 0 Å². The Hall–Kier alpha value is -1.09. The Bertz CT molecular complexity index is 745. The SMILES string of the molecule is Cc1[nH]nc(S(=O)(=O)Nc2cccc(Cl)c2Br)c1CO. The number of hydrogen-bond donors (Lipinski definition) is 3. The summed E-state index contributed by atoms with van der Waals surface area (Å²) >= 11 is 9.12. The maximum absolute atomic E-state index is 12.3. The maximum atomic E-state index is 12.3. The molecule has 0 amide bonds. The number of aromatic nitrogens is 2. The quantitative estimate of drug-likeness (QED) is 0.759. The van der Waals surface area contributed by atoms with Crippen molar-refractivity contribution in [1.29, 1.82) is 0 Å². The number of aryl methyl sites for hydroxylation is 1. The maximum Gasteiger partial charge on any atom is 0.281 e. The van der Waals surface area contributed by atoms with Crippen LogP contribution in [0.5, 0.6) is 0 Å². The molecule has 0 saturated heterocycles. The topological polar surface area (TPSA) is 95.1 Å². The van der Waals surface area contributed by atoms with Gasteiger partial charge in [-0.3, -0.25) is 9.82 Å². The molecule has 3 N–H and O–H groups in total. The minimum Gasteiger partial charge on any atom is -0.392 e. The van der Waals surface area contributed by atoms with E-state index in [1.807, 2.05) is 0 Å². The highest BCUT2D eigenvalue weighted by atomic mass is 79.9. The van der Waals surface area contributed by atoms with Gasteiger partial charge in [-0.25, -0.2) is 0 Å². The normalized spacial score (nSPS) is 11.6. The van der Waals surface area contributed by atoms with Crippen LogP contribution in [0.3, 0.4) is 0 Å². The van der Waals surface area contributed by atoms with Gasteiger partial charge in [-0.2, -0.15) is 13.5 Å². The molecule has 2 aromatic rings. The van der Waals surface area contributed by atoms with Gasteiger partial charge in [-0.05, 0) is 35.0 Å². The van der Waals surface area contributed by atoms with Crippen molar-refractivity contribution < 1.29 is 13.5 Å². The highest BCUT2D eigenvalue weighted by molar-refractivity contribution is 9.10. The van der Waals surface area contributed by atoms with E-state index in [-0.39, 0.29) is 10.6 Å². The molecule has 1 aromatic heterocycles. The highest BCUT2D eigenvalue weighted by Gasteiger charge is 2.24. The van der Waals surface area contributed by atoms with Crippen LogP contribution in [-0.4, -0.2) is 23.7 Å². The Morgan fingerprint density at radius 3 is 2.85 bits per heavy atom. The summed E-state index contributed by atoms with van der Waals surface area (Å²) in [7, 11) is -3.92. The van der Waals surface area contributed by atoms with Gasteiger partial charge in [0.25, 0.3) is 10.0 Å².